The van der Waals surface area contributed by atoms with Crippen molar-refractivity contribution in [2.45, 2.75) is 6.42 Å². The van der Waals surface area contributed by atoms with E-state index in [-0.39, 0.29) is 11.6 Å². The number of nitrogens with one attached hydrogen (secondary N) is 2. The molecular weight excluding hydrogens is 414 g/mol. The van der Waals surface area contributed by atoms with Crippen LogP contribution in [0.4, 0.5) is 8.78 Å². The Bertz CT molecular complexity index is 1470. The van der Waals surface area contributed by atoms with E-state index in [1.165, 1.54) is 24.3 Å². The van der Waals surface area contributed by atoms with E-state index in [0.717, 1.165) is 55.4 Å². The molecule has 160 valence electrons. The summed E-state index contributed by atoms with van der Waals surface area (Å²) in [6, 6.07) is 29.9. The van der Waals surface area contributed by atoms with Gasteiger partial charge in [-0.1, -0.05) is 60.7 Å². The zero-order valence-corrected chi connectivity index (χ0v) is 17.7. The van der Waals surface area contributed by atoms with Crippen LogP contribution < -0.4 is 0 Å². The normalized spacial score (nSPS) is 11.5. The van der Waals surface area contributed by atoms with Crippen molar-refractivity contribution < 1.29 is 8.78 Å². The van der Waals surface area contributed by atoms with Gasteiger partial charge in [-0.25, -0.2) is 8.78 Å². The summed E-state index contributed by atoms with van der Waals surface area (Å²) in [5.74, 6) is -0.551. The first kappa shape index (κ1) is 19.5. The summed E-state index contributed by atoms with van der Waals surface area (Å²) in [6.07, 6.45) is 0.603. The number of halogens is 2. The number of aromatic amines is 2. The molecule has 0 saturated carbocycles. The molecule has 0 fully saturated rings. The fraction of sp³-hybridized carbons (Fsp3) is 0.0345. The molecule has 2 nitrogen and oxygen atoms in total. The zero-order chi connectivity index (χ0) is 22.4. The molecule has 2 aromatic heterocycles. The van der Waals surface area contributed by atoms with Gasteiger partial charge in [-0.15, -0.1) is 0 Å². The van der Waals surface area contributed by atoms with Crippen LogP contribution in [-0.2, 0) is 6.42 Å². The van der Waals surface area contributed by atoms with Crippen molar-refractivity contribution >= 4 is 21.8 Å². The molecule has 0 radical (unpaired) electrons. The van der Waals surface area contributed by atoms with Crippen molar-refractivity contribution in [2.24, 2.45) is 0 Å². The summed E-state index contributed by atoms with van der Waals surface area (Å²) in [5, 5.41) is 1.96. The number of rotatable bonds is 4. The number of hydrogen-bond acceptors (Lipinski definition) is 0. The van der Waals surface area contributed by atoms with Crippen LogP contribution in [0.2, 0.25) is 0 Å². The Hall–Kier alpha value is -4.18. The van der Waals surface area contributed by atoms with Gasteiger partial charge in [0, 0.05) is 28.2 Å². The Morgan fingerprint density at radius 1 is 0.515 bits per heavy atom. The van der Waals surface area contributed by atoms with E-state index in [4.69, 9.17) is 0 Å². The molecule has 6 rings (SSSR count). The standard InChI is InChI=1S/C29H20F2N2/c30-20-11-13-22-24(28(32-26(22)15-20)18-7-3-1-4-8-18)17-25-23-14-12-21(31)16-27(23)33-29(25)19-9-5-2-6-10-19/h1-16,32-33H,17H2. The van der Waals surface area contributed by atoms with E-state index in [1.807, 2.05) is 72.8 Å². The summed E-state index contributed by atoms with van der Waals surface area (Å²) in [6.45, 7) is 0. The van der Waals surface area contributed by atoms with Crippen LogP contribution in [0.15, 0.2) is 97.1 Å². The Morgan fingerprint density at radius 3 is 1.36 bits per heavy atom. The molecule has 0 unspecified atom stereocenters. The second kappa shape index (κ2) is 7.75. The lowest BCUT2D eigenvalue weighted by atomic mass is 9.95. The van der Waals surface area contributed by atoms with Crippen LogP contribution in [-0.4, -0.2) is 9.97 Å². The highest BCUT2D eigenvalue weighted by Crippen LogP contribution is 2.37. The molecule has 4 heteroatoms. The minimum absolute atomic E-state index is 0.276. The third-order valence-corrected chi connectivity index (χ3v) is 6.21. The van der Waals surface area contributed by atoms with Crippen molar-refractivity contribution in [1.29, 1.82) is 0 Å². The quantitative estimate of drug-likeness (QED) is 0.283. The molecule has 0 aliphatic rings. The molecule has 0 aliphatic carbocycles. The SMILES string of the molecule is Fc1ccc2c(Cc3c(-c4ccccc4)[nH]c4cc(F)ccc34)c(-c3ccccc3)[nH]c2c1. The minimum Gasteiger partial charge on any atom is -0.354 e. The first-order valence-electron chi connectivity index (χ1n) is 10.9. The highest BCUT2D eigenvalue weighted by atomic mass is 19.1. The van der Waals surface area contributed by atoms with E-state index in [0.29, 0.717) is 6.42 Å². The zero-order valence-electron chi connectivity index (χ0n) is 17.7. The average Bonchev–Trinajstić information content (AvgIpc) is 3.38. The molecule has 2 heterocycles. The Kier molecular flexibility index (Phi) is 4.58. The lowest BCUT2D eigenvalue weighted by molar-refractivity contribution is 0.629. The molecule has 6 aromatic rings. The van der Waals surface area contributed by atoms with Crippen molar-refractivity contribution in [3.8, 4) is 22.5 Å². The molecule has 0 saturated heterocycles. The number of aromatic nitrogens is 2. The summed E-state index contributed by atoms with van der Waals surface area (Å²) in [4.78, 5) is 6.88. The lowest BCUT2D eigenvalue weighted by Crippen LogP contribution is -1.93. The van der Waals surface area contributed by atoms with Gasteiger partial charge in [-0.05, 0) is 58.7 Å². The maximum absolute atomic E-state index is 14.0. The van der Waals surface area contributed by atoms with Crippen LogP contribution in [0.3, 0.4) is 0 Å². The van der Waals surface area contributed by atoms with Gasteiger partial charge in [-0.3, -0.25) is 0 Å². The molecule has 0 spiro atoms. The van der Waals surface area contributed by atoms with E-state index >= 15 is 0 Å². The minimum atomic E-state index is -0.276. The topological polar surface area (TPSA) is 31.6 Å². The maximum Gasteiger partial charge on any atom is 0.125 e. The number of hydrogen-bond donors (Lipinski definition) is 2. The summed E-state index contributed by atoms with van der Waals surface area (Å²) in [7, 11) is 0. The summed E-state index contributed by atoms with van der Waals surface area (Å²) >= 11 is 0. The molecule has 0 aliphatic heterocycles. The van der Waals surface area contributed by atoms with Crippen LogP contribution in [0.1, 0.15) is 11.1 Å². The van der Waals surface area contributed by atoms with Crippen molar-refractivity contribution in [2.75, 3.05) is 0 Å². The predicted molar refractivity (Wildman–Crippen MR) is 130 cm³/mol. The van der Waals surface area contributed by atoms with Gasteiger partial charge < -0.3 is 9.97 Å². The van der Waals surface area contributed by atoms with E-state index in [9.17, 15) is 8.78 Å². The Balaban J connectivity index is 1.61. The molecule has 0 bridgehead atoms. The highest BCUT2D eigenvalue weighted by molar-refractivity contribution is 5.95. The van der Waals surface area contributed by atoms with Crippen LogP contribution >= 0.6 is 0 Å². The Morgan fingerprint density at radius 2 is 0.939 bits per heavy atom. The largest absolute Gasteiger partial charge is 0.354 e. The lowest BCUT2D eigenvalue weighted by Gasteiger charge is -2.09. The first-order valence-corrected chi connectivity index (χ1v) is 10.9. The van der Waals surface area contributed by atoms with Gasteiger partial charge >= 0.3 is 0 Å². The maximum atomic E-state index is 14.0. The van der Waals surface area contributed by atoms with Gasteiger partial charge in [0.05, 0.1) is 11.4 Å². The molecule has 0 amide bonds. The van der Waals surface area contributed by atoms with Crippen LogP contribution in [0.25, 0.3) is 44.3 Å². The smallest absolute Gasteiger partial charge is 0.125 e. The molecule has 33 heavy (non-hydrogen) atoms. The number of benzene rings is 4. The molecule has 0 atom stereocenters. The van der Waals surface area contributed by atoms with Crippen molar-refractivity contribution in [3.05, 3.63) is 120 Å². The molecule has 2 N–H and O–H groups in total. The van der Waals surface area contributed by atoms with Gasteiger partial charge in [-0.2, -0.15) is 0 Å². The van der Waals surface area contributed by atoms with Gasteiger partial charge in [0.1, 0.15) is 11.6 Å². The Labute approximate surface area is 189 Å². The third-order valence-electron chi connectivity index (χ3n) is 6.21. The van der Waals surface area contributed by atoms with E-state index < -0.39 is 0 Å². The molecular formula is C29H20F2N2. The van der Waals surface area contributed by atoms with Gasteiger partial charge in [0.25, 0.3) is 0 Å². The highest BCUT2D eigenvalue weighted by Gasteiger charge is 2.20. The van der Waals surface area contributed by atoms with Gasteiger partial charge in [0.2, 0.25) is 0 Å². The summed E-state index contributed by atoms with van der Waals surface area (Å²) in [5.41, 5.74) is 7.69. The second-order valence-electron chi connectivity index (χ2n) is 8.25. The monoisotopic (exact) mass is 434 g/mol. The van der Waals surface area contributed by atoms with Gasteiger partial charge in [0.15, 0.2) is 0 Å². The van der Waals surface area contributed by atoms with E-state index in [1.54, 1.807) is 0 Å². The van der Waals surface area contributed by atoms with Crippen molar-refractivity contribution in [3.63, 3.8) is 0 Å². The number of fused-ring (bicyclic) bond motifs is 2. The van der Waals surface area contributed by atoms with Crippen LogP contribution in [0, 0.1) is 11.6 Å². The fourth-order valence-corrected chi connectivity index (χ4v) is 4.70. The third kappa shape index (κ3) is 3.40. The van der Waals surface area contributed by atoms with E-state index in [2.05, 4.69) is 9.97 Å². The van der Waals surface area contributed by atoms with Crippen LogP contribution in [0.5, 0.6) is 0 Å². The fourth-order valence-electron chi connectivity index (χ4n) is 4.70. The van der Waals surface area contributed by atoms with Crippen molar-refractivity contribution in [1.82, 2.24) is 9.97 Å². The summed E-state index contributed by atoms with van der Waals surface area (Å²) < 4.78 is 28.1. The second-order valence-corrected chi connectivity index (χ2v) is 8.25. The first-order chi connectivity index (χ1) is 16.2. The number of H-pyrrole nitrogens is 2. The molecule has 4 aromatic carbocycles. The average molecular weight is 434 g/mol. The predicted octanol–water partition coefficient (Wildman–Crippen LogP) is 7.85.